The third kappa shape index (κ3) is 3.20. The Hall–Kier alpha value is -1.69. The molecule has 1 amide bonds. The molecule has 0 radical (unpaired) electrons. The molecule has 1 aromatic heterocycles. The molecule has 1 unspecified atom stereocenters. The molecule has 1 saturated heterocycles. The SMILES string of the molecule is Cc1cc(C)nc(N2CCN(C(C)C(N)=O)CC2)n1. The number of hydrogen-bond acceptors (Lipinski definition) is 5. The van der Waals surface area contributed by atoms with Crippen molar-refractivity contribution in [3.05, 3.63) is 17.5 Å². The first kappa shape index (κ1) is 13.7. The van der Waals surface area contributed by atoms with E-state index in [0.717, 1.165) is 43.5 Å². The lowest BCUT2D eigenvalue weighted by Crippen LogP contribution is -2.53. The highest BCUT2D eigenvalue weighted by Gasteiger charge is 2.25. The van der Waals surface area contributed by atoms with Gasteiger partial charge in [-0.1, -0.05) is 0 Å². The number of aromatic nitrogens is 2. The van der Waals surface area contributed by atoms with Gasteiger partial charge in [-0.05, 0) is 26.8 Å². The number of amides is 1. The minimum atomic E-state index is -0.267. The fourth-order valence-electron chi connectivity index (χ4n) is 2.34. The molecule has 1 fully saturated rings. The Morgan fingerprint density at radius 2 is 1.74 bits per heavy atom. The predicted octanol–water partition coefficient (Wildman–Crippen LogP) is 0.0892. The van der Waals surface area contributed by atoms with Gasteiger partial charge in [0.05, 0.1) is 6.04 Å². The van der Waals surface area contributed by atoms with E-state index in [-0.39, 0.29) is 11.9 Å². The van der Waals surface area contributed by atoms with Crippen molar-refractivity contribution in [3.8, 4) is 0 Å². The Morgan fingerprint density at radius 3 is 2.21 bits per heavy atom. The van der Waals surface area contributed by atoms with Gasteiger partial charge in [-0.2, -0.15) is 0 Å². The number of nitrogens with zero attached hydrogens (tertiary/aromatic N) is 4. The van der Waals surface area contributed by atoms with Crippen LogP contribution in [0.15, 0.2) is 6.07 Å². The van der Waals surface area contributed by atoms with Crippen molar-refractivity contribution >= 4 is 11.9 Å². The lowest BCUT2D eigenvalue weighted by Gasteiger charge is -2.37. The lowest BCUT2D eigenvalue weighted by atomic mass is 10.2. The molecule has 19 heavy (non-hydrogen) atoms. The van der Waals surface area contributed by atoms with Crippen LogP contribution >= 0.6 is 0 Å². The Kier molecular flexibility index (Phi) is 3.99. The standard InChI is InChI=1S/C13H21N5O/c1-9-8-10(2)16-13(15-9)18-6-4-17(5-7-18)11(3)12(14)19/h8,11H,4-7H2,1-3H3,(H2,14,19). The molecule has 104 valence electrons. The number of nitrogens with two attached hydrogens (primary N) is 1. The number of anilines is 1. The second-order valence-corrected chi connectivity index (χ2v) is 5.05. The molecule has 1 atom stereocenters. The molecular formula is C13H21N5O. The van der Waals surface area contributed by atoms with Crippen molar-refractivity contribution < 1.29 is 4.79 Å². The van der Waals surface area contributed by atoms with Gasteiger partial charge in [-0.25, -0.2) is 9.97 Å². The van der Waals surface area contributed by atoms with Gasteiger partial charge in [0.15, 0.2) is 0 Å². The fourth-order valence-corrected chi connectivity index (χ4v) is 2.34. The normalized spacial score (nSPS) is 18.4. The van der Waals surface area contributed by atoms with E-state index >= 15 is 0 Å². The first-order chi connectivity index (χ1) is 8.97. The molecule has 0 saturated carbocycles. The van der Waals surface area contributed by atoms with Gasteiger partial charge in [-0.3, -0.25) is 9.69 Å². The maximum absolute atomic E-state index is 11.2. The van der Waals surface area contributed by atoms with Gasteiger partial charge in [0.1, 0.15) is 0 Å². The van der Waals surface area contributed by atoms with Crippen LogP contribution in [0, 0.1) is 13.8 Å². The molecule has 0 aromatic carbocycles. The van der Waals surface area contributed by atoms with Crippen LogP contribution in [0.2, 0.25) is 0 Å². The number of hydrogen-bond donors (Lipinski definition) is 1. The van der Waals surface area contributed by atoms with Crippen LogP contribution in [-0.2, 0) is 4.79 Å². The largest absolute Gasteiger partial charge is 0.368 e. The van der Waals surface area contributed by atoms with Crippen LogP contribution in [0.25, 0.3) is 0 Å². The highest BCUT2D eigenvalue weighted by molar-refractivity contribution is 5.79. The van der Waals surface area contributed by atoms with Crippen LogP contribution in [0.1, 0.15) is 18.3 Å². The molecular weight excluding hydrogens is 242 g/mol. The monoisotopic (exact) mass is 263 g/mol. The van der Waals surface area contributed by atoms with E-state index in [9.17, 15) is 4.79 Å². The summed E-state index contributed by atoms with van der Waals surface area (Å²) in [5.41, 5.74) is 7.30. The van der Waals surface area contributed by atoms with Crippen molar-refractivity contribution in [3.63, 3.8) is 0 Å². The zero-order valence-electron chi connectivity index (χ0n) is 11.8. The van der Waals surface area contributed by atoms with E-state index in [1.807, 2.05) is 26.8 Å². The summed E-state index contributed by atoms with van der Waals surface area (Å²) in [7, 11) is 0. The van der Waals surface area contributed by atoms with Crippen LogP contribution in [0.4, 0.5) is 5.95 Å². The number of rotatable bonds is 3. The van der Waals surface area contributed by atoms with Crippen molar-refractivity contribution in [1.29, 1.82) is 0 Å². The summed E-state index contributed by atoms with van der Waals surface area (Å²) in [6.45, 7) is 9.06. The molecule has 1 aliphatic heterocycles. The van der Waals surface area contributed by atoms with Gasteiger partial charge in [0.25, 0.3) is 0 Å². The lowest BCUT2D eigenvalue weighted by molar-refractivity contribution is -0.122. The minimum Gasteiger partial charge on any atom is -0.368 e. The maximum atomic E-state index is 11.2. The average molecular weight is 263 g/mol. The predicted molar refractivity (Wildman–Crippen MR) is 73.9 cm³/mol. The molecule has 2 N–H and O–H groups in total. The Morgan fingerprint density at radius 1 is 1.21 bits per heavy atom. The molecule has 0 aliphatic carbocycles. The molecule has 2 rings (SSSR count). The quantitative estimate of drug-likeness (QED) is 0.836. The van der Waals surface area contributed by atoms with Crippen molar-refractivity contribution in [2.24, 2.45) is 5.73 Å². The van der Waals surface area contributed by atoms with E-state index in [1.165, 1.54) is 0 Å². The van der Waals surface area contributed by atoms with E-state index < -0.39 is 0 Å². The summed E-state index contributed by atoms with van der Waals surface area (Å²) in [6, 6.07) is 1.76. The van der Waals surface area contributed by atoms with Gasteiger partial charge in [-0.15, -0.1) is 0 Å². The molecule has 6 nitrogen and oxygen atoms in total. The first-order valence-corrected chi connectivity index (χ1v) is 6.58. The van der Waals surface area contributed by atoms with E-state index in [1.54, 1.807) is 0 Å². The molecule has 0 spiro atoms. The third-order valence-corrected chi connectivity index (χ3v) is 3.53. The van der Waals surface area contributed by atoms with Crippen LogP contribution in [0.5, 0.6) is 0 Å². The van der Waals surface area contributed by atoms with Gasteiger partial charge in [0, 0.05) is 37.6 Å². The molecule has 1 aliphatic rings. The van der Waals surface area contributed by atoms with E-state index in [0.29, 0.717) is 0 Å². The molecule has 2 heterocycles. The topological polar surface area (TPSA) is 75.3 Å². The number of piperazine rings is 1. The third-order valence-electron chi connectivity index (χ3n) is 3.53. The van der Waals surface area contributed by atoms with Crippen molar-refractivity contribution in [1.82, 2.24) is 14.9 Å². The summed E-state index contributed by atoms with van der Waals surface area (Å²) < 4.78 is 0. The number of carbonyl (C=O) groups is 1. The Balaban J connectivity index is 2.01. The highest BCUT2D eigenvalue weighted by atomic mass is 16.1. The maximum Gasteiger partial charge on any atom is 0.234 e. The van der Waals surface area contributed by atoms with Crippen molar-refractivity contribution in [2.75, 3.05) is 31.1 Å². The summed E-state index contributed by atoms with van der Waals surface area (Å²) in [4.78, 5) is 24.4. The number of carbonyl (C=O) groups excluding carboxylic acids is 1. The van der Waals surface area contributed by atoms with E-state index in [4.69, 9.17) is 5.73 Å². The smallest absolute Gasteiger partial charge is 0.234 e. The second-order valence-electron chi connectivity index (χ2n) is 5.05. The molecule has 0 bridgehead atoms. The fraction of sp³-hybridized carbons (Fsp3) is 0.615. The van der Waals surface area contributed by atoms with Crippen LogP contribution < -0.4 is 10.6 Å². The zero-order chi connectivity index (χ0) is 14.0. The number of aryl methyl sites for hydroxylation is 2. The Labute approximate surface area is 113 Å². The summed E-state index contributed by atoms with van der Waals surface area (Å²) >= 11 is 0. The second kappa shape index (κ2) is 5.52. The van der Waals surface area contributed by atoms with Gasteiger partial charge in [0.2, 0.25) is 11.9 Å². The van der Waals surface area contributed by atoms with Crippen LogP contribution in [-0.4, -0.2) is 53.0 Å². The van der Waals surface area contributed by atoms with Gasteiger partial charge >= 0.3 is 0 Å². The highest BCUT2D eigenvalue weighted by Crippen LogP contribution is 2.14. The van der Waals surface area contributed by atoms with E-state index in [2.05, 4.69) is 19.8 Å². The molecule has 1 aromatic rings. The average Bonchev–Trinajstić information content (AvgIpc) is 2.37. The summed E-state index contributed by atoms with van der Waals surface area (Å²) in [5, 5.41) is 0. The number of primary amides is 1. The van der Waals surface area contributed by atoms with Crippen LogP contribution in [0.3, 0.4) is 0 Å². The zero-order valence-corrected chi connectivity index (χ0v) is 11.8. The minimum absolute atomic E-state index is 0.206. The molecule has 6 heteroatoms. The van der Waals surface area contributed by atoms with Gasteiger partial charge < -0.3 is 10.6 Å². The Bertz CT molecular complexity index is 448. The van der Waals surface area contributed by atoms with Crippen molar-refractivity contribution in [2.45, 2.75) is 26.8 Å². The summed E-state index contributed by atoms with van der Waals surface area (Å²) in [6.07, 6.45) is 0. The first-order valence-electron chi connectivity index (χ1n) is 6.58. The summed E-state index contributed by atoms with van der Waals surface area (Å²) in [5.74, 6) is 0.514.